The summed E-state index contributed by atoms with van der Waals surface area (Å²) < 4.78 is 12.5. The molecule has 1 aliphatic rings. The van der Waals surface area contributed by atoms with Crippen molar-refractivity contribution in [2.75, 3.05) is 13.2 Å². The van der Waals surface area contributed by atoms with Gasteiger partial charge in [-0.1, -0.05) is 5.16 Å². The number of nitrogens with zero attached hydrogens (tertiary/aromatic N) is 5. The maximum Gasteiger partial charge on any atom is 0.263 e. The fraction of sp³-hybridized carbons (Fsp3) is 0.429. The van der Waals surface area contributed by atoms with Gasteiger partial charge in [0.05, 0.1) is 12.8 Å². The number of hydrogen-bond acceptors (Lipinski definition) is 6. The zero-order chi connectivity index (χ0) is 14.4. The number of rotatable bonds is 2. The molecular weight excluding hydrogens is 270 g/mol. The summed E-state index contributed by atoms with van der Waals surface area (Å²) in [5, 5.41) is 8.42. The molecule has 7 heteroatoms. The molecule has 0 radical (unpaired) electrons. The standard InChI is InChI=1S/C14H15N5O2/c1-8-5-9(2)19-13(16-8)11(6-15-19)14-17-12(18-21-14)10-3-4-20-7-10/h5-6,10H,3-4,7H2,1-2H3/t10-/m0/s1. The first-order valence-corrected chi connectivity index (χ1v) is 6.96. The lowest BCUT2D eigenvalue weighted by molar-refractivity contribution is 0.192. The Kier molecular flexibility index (Phi) is 2.75. The van der Waals surface area contributed by atoms with Gasteiger partial charge < -0.3 is 9.26 Å². The van der Waals surface area contributed by atoms with Crippen LogP contribution in [-0.4, -0.2) is 38.0 Å². The third-order valence-corrected chi connectivity index (χ3v) is 3.74. The van der Waals surface area contributed by atoms with Gasteiger partial charge >= 0.3 is 0 Å². The van der Waals surface area contributed by atoms with Gasteiger partial charge in [0.2, 0.25) is 0 Å². The third-order valence-electron chi connectivity index (χ3n) is 3.74. The lowest BCUT2D eigenvalue weighted by Gasteiger charge is -2.00. The molecule has 3 aromatic rings. The molecule has 0 aliphatic carbocycles. The molecule has 108 valence electrons. The predicted molar refractivity (Wildman–Crippen MR) is 73.9 cm³/mol. The van der Waals surface area contributed by atoms with Gasteiger partial charge in [-0.15, -0.1) is 0 Å². The average molecular weight is 285 g/mol. The summed E-state index contributed by atoms with van der Waals surface area (Å²) in [7, 11) is 0. The Hall–Kier alpha value is -2.28. The molecule has 1 aliphatic heterocycles. The Balaban J connectivity index is 1.79. The van der Waals surface area contributed by atoms with E-state index in [1.54, 1.807) is 10.7 Å². The van der Waals surface area contributed by atoms with Crippen molar-refractivity contribution in [1.82, 2.24) is 24.7 Å². The predicted octanol–water partition coefficient (Wildman–Crippen LogP) is 1.90. The molecule has 7 nitrogen and oxygen atoms in total. The minimum atomic E-state index is 0.223. The number of fused-ring (bicyclic) bond motifs is 1. The normalized spacial score (nSPS) is 18.7. The molecule has 0 saturated carbocycles. The summed E-state index contributed by atoms with van der Waals surface area (Å²) in [5.74, 6) is 1.39. The first-order valence-electron chi connectivity index (χ1n) is 6.96. The van der Waals surface area contributed by atoms with Crippen molar-refractivity contribution >= 4 is 5.65 Å². The average Bonchev–Trinajstić information content (AvgIpc) is 3.18. The Labute approximate surface area is 120 Å². The molecule has 0 N–H and O–H groups in total. The van der Waals surface area contributed by atoms with Gasteiger partial charge in [-0.3, -0.25) is 0 Å². The van der Waals surface area contributed by atoms with Crippen LogP contribution in [0.2, 0.25) is 0 Å². The van der Waals surface area contributed by atoms with Crippen molar-refractivity contribution in [2.24, 2.45) is 0 Å². The highest BCUT2D eigenvalue weighted by Gasteiger charge is 2.24. The number of hydrogen-bond donors (Lipinski definition) is 0. The van der Waals surface area contributed by atoms with E-state index in [0.29, 0.717) is 18.3 Å². The zero-order valence-electron chi connectivity index (χ0n) is 11.9. The van der Waals surface area contributed by atoms with Crippen molar-refractivity contribution in [2.45, 2.75) is 26.2 Å². The van der Waals surface area contributed by atoms with Crippen LogP contribution < -0.4 is 0 Å². The Morgan fingerprint density at radius 2 is 2.19 bits per heavy atom. The number of ether oxygens (including phenoxy) is 1. The first kappa shape index (κ1) is 12.5. The van der Waals surface area contributed by atoms with Crippen molar-refractivity contribution in [3.8, 4) is 11.5 Å². The fourth-order valence-corrected chi connectivity index (χ4v) is 2.67. The topological polar surface area (TPSA) is 78.3 Å². The molecule has 4 rings (SSSR count). The molecule has 0 bridgehead atoms. The molecule has 1 atom stereocenters. The van der Waals surface area contributed by atoms with Gasteiger partial charge in [-0.2, -0.15) is 10.1 Å². The summed E-state index contributed by atoms with van der Waals surface area (Å²) in [6, 6.07) is 1.99. The van der Waals surface area contributed by atoms with E-state index in [9.17, 15) is 0 Å². The van der Waals surface area contributed by atoms with E-state index in [1.807, 2.05) is 19.9 Å². The SMILES string of the molecule is Cc1cc(C)n2ncc(-c3nc([C@H]4CCOC4)no3)c2n1. The van der Waals surface area contributed by atoms with Gasteiger partial charge in [0.25, 0.3) is 5.89 Å². The van der Waals surface area contributed by atoms with Crippen LogP contribution in [0.1, 0.15) is 29.6 Å². The second-order valence-corrected chi connectivity index (χ2v) is 5.35. The maximum absolute atomic E-state index is 5.40. The quantitative estimate of drug-likeness (QED) is 0.715. The van der Waals surface area contributed by atoms with Crippen LogP contribution >= 0.6 is 0 Å². The van der Waals surface area contributed by atoms with Crippen LogP contribution in [0.15, 0.2) is 16.8 Å². The van der Waals surface area contributed by atoms with Crippen molar-refractivity contribution < 1.29 is 9.26 Å². The van der Waals surface area contributed by atoms with Gasteiger partial charge in [0.1, 0.15) is 5.56 Å². The minimum absolute atomic E-state index is 0.223. The second kappa shape index (κ2) is 4.63. The van der Waals surface area contributed by atoms with E-state index in [2.05, 4.69) is 20.2 Å². The largest absolute Gasteiger partial charge is 0.381 e. The Bertz CT molecular complexity index is 801. The monoisotopic (exact) mass is 285 g/mol. The van der Waals surface area contributed by atoms with E-state index < -0.39 is 0 Å². The van der Waals surface area contributed by atoms with Crippen LogP contribution in [-0.2, 0) is 4.74 Å². The summed E-state index contributed by atoms with van der Waals surface area (Å²) in [4.78, 5) is 9.02. The summed E-state index contributed by atoms with van der Waals surface area (Å²) in [6.45, 7) is 5.36. The van der Waals surface area contributed by atoms with E-state index in [0.717, 1.165) is 35.6 Å². The smallest absolute Gasteiger partial charge is 0.263 e. The number of aromatic nitrogens is 5. The van der Waals surface area contributed by atoms with Gasteiger partial charge in [-0.05, 0) is 26.3 Å². The van der Waals surface area contributed by atoms with E-state index in [4.69, 9.17) is 9.26 Å². The molecule has 0 unspecified atom stereocenters. The van der Waals surface area contributed by atoms with Crippen LogP contribution in [0.5, 0.6) is 0 Å². The maximum atomic E-state index is 5.40. The van der Waals surface area contributed by atoms with Crippen LogP contribution in [0.4, 0.5) is 0 Å². The fourth-order valence-electron chi connectivity index (χ4n) is 2.67. The molecule has 0 amide bonds. The molecule has 3 aromatic heterocycles. The lowest BCUT2D eigenvalue weighted by Crippen LogP contribution is -1.99. The first-order chi connectivity index (χ1) is 10.2. The van der Waals surface area contributed by atoms with Crippen molar-refractivity contribution in [3.63, 3.8) is 0 Å². The van der Waals surface area contributed by atoms with Crippen molar-refractivity contribution in [1.29, 1.82) is 0 Å². The second-order valence-electron chi connectivity index (χ2n) is 5.35. The minimum Gasteiger partial charge on any atom is -0.381 e. The third kappa shape index (κ3) is 2.01. The molecule has 0 aromatic carbocycles. The highest BCUT2D eigenvalue weighted by Crippen LogP contribution is 2.27. The van der Waals surface area contributed by atoms with Crippen LogP contribution in [0.25, 0.3) is 17.1 Å². The van der Waals surface area contributed by atoms with Crippen molar-refractivity contribution in [3.05, 3.63) is 29.5 Å². The Morgan fingerprint density at radius 1 is 1.29 bits per heavy atom. The van der Waals surface area contributed by atoms with E-state index in [-0.39, 0.29) is 5.92 Å². The summed E-state index contributed by atoms with van der Waals surface area (Å²) in [5.41, 5.74) is 3.46. The van der Waals surface area contributed by atoms with Gasteiger partial charge in [0, 0.05) is 23.9 Å². The van der Waals surface area contributed by atoms with Gasteiger partial charge in [0.15, 0.2) is 11.5 Å². The number of aryl methyl sites for hydroxylation is 2. The van der Waals surface area contributed by atoms with E-state index >= 15 is 0 Å². The lowest BCUT2D eigenvalue weighted by atomic mass is 10.1. The molecule has 21 heavy (non-hydrogen) atoms. The van der Waals surface area contributed by atoms with E-state index in [1.165, 1.54) is 0 Å². The molecule has 1 fully saturated rings. The molecule has 4 heterocycles. The zero-order valence-corrected chi connectivity index (χ0v) is 11.9. The van der Waals surface area contributed by atoms with Gasteiger partial charge in [-0.25, -0.2) is 9.50 Å². The molecule has 1 saturated heterocycles. The highest BCUT2D eigenvalue weighted by atomic mass is 16.5. The molecule has 0 spiro atoms. The molecular formula is C14H15N5O2. The highest BCUT2D eigenvalue weighted by molar-refractivity contribution is 5.71. The Morgan fingerprint density at radius 3 is 3.00 bits per heavy atom. The summed E-state index contributed by atoms with van der Waals surface area (Å²) in [6.07, 6.45) is 2.65. The van der Waals surface area contributed by atoms with Crippen LogP contribution in [0.3, 0.4) is 0 Å². The summed E-state index contributed by atoms with van der Waals surface area (Å²) >= 11 is 0. The van der Waals surface area contributed by atoms with Crippen LogP contribution in [0, 0.1) is 13.8 Å².